The lowest BCUT2D eigenvalue weighted by molar-refractivity contribution is 0.914. The van der Waals surface area contributed by atoms with Gasteiger partial charge in [0, 0.05) is 16.4 Å². The highest BCUT2D eigenvalue weighted by molar-refractivity contribution is 8.01. The van der Waals surface area contributed by atoms with Crippen LogP contribution in [0.5, 0.6) is 0 Å². The maximum Gasteiger partial charge on any atom is 0.198 e. The summed E-state index contributed by atoms with van der Waals surface area (Å²) in [6.45, 7) is 0. The number of benzene rings is 1. The summed E-state index contributed by atoms with van der Waals surface area (Å²) >= 11 is 2.89. The number of hydrogen-bond acceptors (Lipinski definition) is 5. The average Bonchev–Trinajstić information content (AvgIpc) is 2.59. The summed E-state index contributed by atoms with van der Waals surface area (Å²) in [4.78, 5) is 1.16. The normalized spacial score (nSPS) is 10.0. The van der Waals surface area contributed by atoms with Gasteiger partial charge in [0.2, 0.25) is 0 Å². The first-order valence-corrected chi connectivity index (χ1v) is 4.92. The van der Waals surface area contributed by atoms with Crippen molar-refractivity contribution in [3.63, 3.8) is 0 Å². The molecule has 0 amide bonds. The van der Waals surface area contributed by atoms with E-state index in [1.807, 2.05) is 30.3 Å². The third kappa shape index (κ3) is 1.80. The van der Waals surface area contributed by atoms with Crippen LogP contribution in [0.25, 0.3) is 0 Å². The Labute approximate surface area is 78.0 Å². The molecule has 2 rings (SSSR count). The number of aromatic nitrogens is 3. The van der Waals surface area contributed by atoms with Gasteiger partial charge < -0.3 is 0 Å². The van der Waals surface area contributed by atoms with Gasteiger partial charge in [-0.15, -0.1) is 5.10 Å². The van der Waals surface area contributed by atoms with Crippen LogP contribution in [0.2, 0.25) is 0 Å². The molecule has 0 saturated heterocycles. The van der Waals surface area contributed by atoms with E-state index in [0.717, 1.165) is 9.24 Å². The fourth-order valence-electron chi connectivity index (χ4n) is 0.755. The molecule has 0 N–H and O–H groups in total. The van der Waals surface area contributed by atoms with Crippen molar-refractivity contribution >= 4 is 23.3 Å². The fraction of sp³-hybridized carbons (Fsp3) is 0. The summed E-state index contributed by atoms with van der Waals surface area (Å²) in [5.41, 5.74) is 0. The lowest BCUT2D eigenvalue weighted by Crippen LogP contribution is -1.71. The molecule has 0 fully saturated rings. The van der Waals surface area contributed by atoms with Crippen LogP contribution in [0.3, 0.4) is 0 Å². The van der Waals surface area contributed by atoms with Crippen LogP contribution in [0, 0.1) is 0 Å². The minimum absolute atomic E-state index is 0.876. The van der Waals surface area contributed by atoms with Gasteiger partial charge in [0.05, 0.1) is 0 Å². The van der Waals surface area contributed by atoms with Crippen LogP contribution in [0.15, 0.2) is 39.6 Å². The van der Waals surface area contributed by atoms with Crippen molar-refractivity contribution in [2.24, 2.45) is 0 Å². The number of nitrogens with zero attached hydrogens (tertiary/aromatic N) is 3. The summed E-state index contributed by atoms with van der Waals surface area (Å²) in [5.74, 6) is 0. The molecule has 0 spiro atoms. The molecule has 0 aliphatic rings. The van der Waals surface area contributed by atoms with E-state index in [2.05, 4.69) is 14.8 Å². The van der Waals surface area contributed by atoms with Gasteiger partial charge in [-0.2, -0.15) is 0 Å². The lowest BCUT2D eigenvalue weighted by atomic mass is 10.4. The van der Waals surface area contributed by atoms with Crippen molar-refractivity contribution in [3.8, 4) is 0 Å². The molecule has 0 unspecified atom stereocenters. The maximum atomic E-state index is 3.83. The number of hydrogen-bond donors (Lipinski definition) is 0. The predicted molar refractivity (Wildman–Crippen MR) is 48.3 cm³/mol. The van der Waals surface area contributed by atoms with Crippen LogP contribution in [-0.4, -0.2) is 14.8 Å². The van der Waals surface area contributed by atoms with Gasteiger partial charge in [-0.3, -0.25) is 0 Å². The second-order valence-corrected chi connectivity index (χ2v) is 4.10. The van der Waals surface area contributed by atoms with Gasteiger partial charge in [0.25, 0.3) is 0 Å². The molecule has 1 aromatic carbocycles. The minimum Gasteiger partial charge on any atom is -0.110 e. The zero-order chi connectivity index (χ0) is 8.23. The third-order valence-electron chi connectivity index (χ3n) is 1.23. The fourth-order valence-corrected chi connectivity index (χ4v) is 2.08. The molecule has 3 nitrogen and oxygen atoms in total. The van der Waals surface area contributed by atoms with Crippen molar-refractivity contribution in [2.45, 2.75) is 9.24 Å². The summed E-state index contributed by atoms with van der Waals surface area (Å²) in [7, 11) is 0. The third-order valence-corrected chi connectivity index (χ3v) is 2.86. The van der Waals surface area contributed by atoms with Gasteiger partial charge in [0.15, 0.2) is 4.34 Å². The second kappa shape index (κ2) is 3.64. The van der Waals surface area contributed by atoms with Gasteiger partial charge in [-0.1, -0.05) is 34.4 Å². The highest BCUT2D eigenvalue weighted by Crippen LogP contribution is 2.26. The average molecular weight is 195 g/mol. The van der Waals surface area contributed by atoms with Crippen molar-refractivity contribution in [1.29, 1.82) is 0 Å². The molecule has 5 heteroatoms. The first-order chi connectivity index (χ1) is 5.95. The highest BCUT2D eigenvalue weighted by Gasteiger charge is 1.99. The van der Waals surface area contributed by atoms with Crippen molar-refractivity contribution in [1.82, 2.24) is 14.8 Å². The molecule has 1 heterocycles. The monoisotopic (exact) mass is 195 g/mol. The van der Waals surface area contributed by atoms with Gasteiger partial charge in [-0.05, 0) is 17.3 Å². The Bertz CT molecular complexity index is 333. The van der Waals surface area contributed by atoms with E-state index in [4.69, 9.17) is 0 Å². The molecule has 0 aliphatic carbocycles. The van der Waals surface area contributed by atoms with Crippen molar-refractivity contribution in [2.75, 3.05) is 0 Å². The standard InChI is InChI=1S/C7H5N3S2/c1-2-4-6(5-3-1)11-7-8-9-10-12-7/h1-5H. The molecule has 0 saturated carbocycles. The van der Waals surface area contributed by atoms with Gasteiger partial charge in [-0.25, -0.2) is 0 Å². The second-order valence-electron chi connectivity index (χ2n) is 2.04. The Hall–Kier alpha value is -0.940. The van der Waals surface area contributed by atoms with E-state index < -0.39 is 0 Å². The summed E-state index contributed by atoms with van der Waals surface area (Å²) in [6, 6.07) is 10.0. The van der Waals surface area contributed by atoms with Crippen LogP contribution >= 0.6 is 23.3 Å². The molecule has 0 atom stereocenters. The Morgan fingerprint density at radius 2 is 2.00 bits per heavy atom. The first-order valence-electron chi connectivity index (χ1n) is 3.33. The van der Waals surface area contributed by atoms with Gasteiger partial charge >= 0.3 is 0 Å². The van der Waals surface area contributed by atoms with Gasteiger partial charge in [0.1, 0.15) is 0 Å². The summed E-state index contributed by atoms with van der Waals surface area (Å²) < 4.78 is 4.55. The zero-order valence-corrected chi connectivity index (χ0v) is 7.68. The van der Waals surface area contributed by atoms with E-state index in [0.29, 0.717) is 0 Å². The molecule has 12 heavy (non-hydrogen) atoms. The largest absolute Gasteiger partial charge is 0.198 e. The molecule has 0 bridgehead atoms. The van der Waals surface area contributed by atoms with Crippen LogP contribution in [-0.2, 0) is 0 Å². The summed E-state index contributed by atoms with van der Waals surface area (Å²) in [6.07, 6.45) is 0. The molecule has 1 aromatic heterocycles. The Morgan fingerprint density at radius 3 is 2.67 bits per heavy atom. The molecular weight excluding hydrogens is 190 g/mol. The Morgan fingerprint density at radius 1 is 1.17 bits per heavy atom. The quantitative estimate of drug-likeness (QED) is 0.735. The van der Waals surface area contributed by atoms with Crippen LogP contribution in [0.4, 0.5) is 0 Å². The maximum absolute atomic E-state index is 3.83. The smallest absolute Gasteiger partial charge is 0.110 e. The lowest BCUT2D eigenvalue weighted by Gasteiger charge is -1.92. The topological polar surface area (TPSA) is 38.7 Å². The predicted octanol–water partition coefficient (Wildman–Crippen LogP) is 2.08. The van der Waals surface area contributed by atoms with E-state index in [1.54, 1.807) is 11.8 Å². The summed E-state index contributed by atoms with van der Waals surface area (Å²) in [5, 5.41) is 7.35. The molecule has 0 radical (unpaired) electrons. The van der Waals surface area contributed by atoms with Crippen molar-refractivity contribution < 1.29 is 0 Å². The SMILES string of the molecule is c1ccc(Sc2nnns2)cc1. The zero-order valence-electron chi connectivity index (χ0n) is 6.04. The van der Waals surface area contributed by atoms with Crippen molar-refractivity contribution in [3.05, 3.63) is 30.3 Å². The first kappa shape index (κ1) is 7.70. The Balaban J connectivity index is 2.15. The van der Waals surface area contributed by atoms with E-state index in [1.165, 1.54) is 11.5 Å². The minimum atomic E-state index is 0.876. The molecule has 2 aromatic rings. The molecular formula is C7H5N3S2. The highest BCUT2D eigenvalue weighted by atomic mass is 32.2. The van der Waals surface area contributed by atoms with E-state index in [9.17, 15) is 0 Å². The van der Waals surface area contributed by atoms with Crippen LogP contribution < -0.4 is 0 Å². The molecule has 60 valence electrons. The van der Waals surface area contributed by atoms with E-state index in [-0.39, 0.29) is 0 Å². The number of rotatable bonds is 2. The van der Waals surface area contributed by atoms with E-state index >= 15 is 0 Å². The molecule has 0 aliphatic heterocycles. The van der Waals surface area contributed by atoms with Crippen LogP contribution in [0.1, 0.15) is 0 Å². The Kier molecular flexibility index (Phi) is 2.33.